The number of nitro groups is 1. The highest BCUT2D eigenvalue weighted by Gasteiger charge is 2.18. The Morgan fingerprint density at radius 3 is 2.81 bits per heavy atom. The molecule has 0 aliphatic carbocycles. The molecule has 0 saturated carbocycles. The molecule has 3 rings (SSSR count). The Morgan fingerprint density at radius 1 is 1.38 bits per heavy atom. The summed E-state index contributed by atoms with van der Waals surface area (Å²) in [6.07, 6.45) is 2.66. The highest BCUT2D eigenvalue weighted by molar-refractivity contribution is 7.16. The van der Waals surface area contributed by atoms with Gasteiger partial charge in [0.15, 0.2) is 0 Å². The van der Waals surface area contributed by atoms with Gasteiger partial charge in [0.05, 0.1) is 22.4 Å². The lowest BCUT2D eigenvalue weighted by atomic mass is 10.1. The van der Waals surface area contributed by atoms with Crippen LogP contribution in [0.25, 0.3) is 16.2 Å². The summed E-state index contributed by atoms with van der Waals surface area (Å²) in [5.74, 6) is 0.538. The largest absolute Gasteiger partial charge is 0.278 e. The average molecular weight is 302 g/mol. The zero-order valence-corrected chi connectivity index (χ0v) is 12.5. The molecule has 3 aromatic rings. The smallest absolute Gasteiger partial charge is 0.258 e. The zero-order valence-electron chi connectivity index (χ0n) is 11.7. The van der Waals surface area contributed by atoms with Gasteiger partial charge in [-0.1, -0.05) is 37.3 Å². The summed E-state index contributed by atoms with van der Waals surface area (Å²) in [5.41, 5.74) is 1.16. The number of para-hydroxylation sites is 1. The molecule has 0 unspecified atom stereocenters. The molecule has 2 heterocycles. The van der Waals surface area contributed by atoms with Crippen LogP contribution in [-0.2, 0) is 6.42 Å². The highest BCUT2D eigenvalue weighted by atomic mass is 32.1. The van der Waals surface area contributed by atoms with Crippen molar-refractivity contribution in [1.82, 2.24) is 14.6 Å². The zero-order chi connectivity index (χ0) is 15.0. The Bertz CT molecular complexity index is 775. The number of fused-ring (bicyclic) bond motifs is 1. The SMILES string of the molecule is CC(C)Cc1nn2cc(-c3ccccc3[N+](=O)[O-])nc2s1. The van der Waals surface area contributed by atoms with Gasteiger partial charge in [0.1, 0.15) is 5.01 Å². The van der Waals surface area contributed by atoms with E-state index >= 15 is 0 Å². The molecule has 21 heavy (non-hydrogen) atoms. The van der Waals surface area contributed by atoms with Crippen LogP contribution < -0.4 is 0 Å². The van der Waals surface area contributed by atoms with E-state index in [0.29, 0.717) is 17.2 Å². The fourth-order valence-corrected chi connectivity index (χ4v) is 3.24. The monoisotopic (exact) mass is 302 g/mol. The third-order valence-electron chi connectivity index (χ3n) is 3.04. The van der Waals surface area contributed by atoms with Gasteiger partial charge >= 0.3 is 0 Å². The first kappa shape index (κ1) is 13.7. The number of rotatable bonds is 4. The van der Waals surface area contributed by atoms with E-state index in [1.54, 1.807) is 28.9 Å². The van der Waals surface area contributed by atoms with E-state index in [1.165, 1.54) is 17.4 Å². The first-order valence-electron chi connectivity index (χ1n) is 6.63. The van der Waals surface area contributed by atoms with E-state index in [1.807, 2.05) is 0 Å². The van der Waals surface area contributed by atoms with Gasteiger partial charge in [-0.3, -0.25) is 10.1 Å². The van der Waals surface area contributed by atoms with Gasteiger partial charge in [-0.05, 0) is 12.0 Å². The second-order valence-corrected chi connectivity index (χ2v) is 6.26. The summed E-state index contributed by atoms with van der Waals surface area (Å²) < 4.78 is 1.70. The third kappa shape index (κ3) is 2.64. The number of imidazole rings is 1. The van der Waals surface area contributed by atoms with Crippen LogP contribution in [0.4, 0.5) is 5.69 Å². The number of nitrogens with zero attached hydrogens (tertiary/aromatic N) is 4. The van der Waals surface area contributed by atoms with Gasteiger partial charge in [-0.25, -0.2) is 9.50 Å². The average Bonchev–Trinajstić information content (AvgIpc) is 2.95. The van der Waals surface area contributed by atoms with Crippen LogP contribution in [0.15, 0.2) is 30.5 Å². The Balaban J connectivity index is 2.02. The summed E-state index contributed by atoms with van der Waals surface area (Å²) in [7, 11) is 0. The molecular formula is C14H14N4O2S. The third-order valence-corrected chi connectivity index (χ3v) is 3.99. The molecular weight excluding hydrogens is 288 g/mol. The van der Waals surface area contributed by atoms with Crippen molar-refractivity contribution in [1.29, 1.82) is 0 Å². The minimum atomic E-state index is -0.388. The second-order valence-electron chi connectivity index (χ2n) is 5.22. The Hall–Kier alpha value is -2.28. The molecule has 0 N–H and O–H groups in total. The van der Waals surface area contributed by atoms with E-state index < -0.39 is 0 Å². The summed E-state index contributed by atoms with van der Waals surface area (Å²) in [4.78, 5) is 15.9. The quantitative estimate of drug-likeness (QED) is 0.545. The van der Waals surface area contributed by atoms with Gasteiger partial charge in [0.25, 0.3) is 5.69 Å². The van der Waals surface area contributed by atoms with Crippen LogP contribution in [0.1, 0.15) is 18.9 Å². The minimum absolute atomic E-state index is 0.0608. The van der Waals surface area contributed by atoms with Crippen LogP contribution in [-0.4, -0.2) is 19.5 Å². The lowest BCUT2D eigenvalue weighted by molar-refractivity contribution is -0.384. The molecule has 2 aromatic heterocycles. The normalized spacial score (nSPS) is 11.4. The maximum atomic E-state index is 11.1. The van der Waals surface area contributed by atoms with Crippen molar-refractivity contribution in [2.75, 3.05) is 0 Å². The van der Waals surface area contributed by atoms with Crippen molar-refractivity contribution in [3.05, 3.63) is 45.6 Å². The van der Waals surface area contributed by atoms with E-state index in [4.69, 9.17) is 0 Å². The van der Waals surface area contributed by atoms with Gasteiger partial charge in [-0.15, -0.1) is 0 Å². The molecule has 0 amide bonds. The molecule has 0 bridgehead atoms. The number of hydrogen-bond acceptors (Lipinski definition) is 5. The Labute approximate surface area is 125 Å². The molecule has 0 fully saturated rings. The predicted octanol–water partition coefficient (Wildman–Crippen LogP) is 3.56. The highest BCUT2D eigenvalue weighted by Crippen LogP contribution is 2.30. The maximum Gasteiger partial charge on any atom is 0.278 e. The van der Waals surface area contributed by atoms with Crippen molar-refractivity contribution in [3.63, 3.8) is 0 Å². The number of aromatic nitrogens is 3. The van der Waals surface area contributed by atoms with Crippen LogP contribution >= 0.6 is 11.3 Å². The molecule has 0 aliphatic rings. The first-order chi connectivity index (χ1) is 10.0. The summed E-state index contributed by atoms with van der Waals surface area (Å²) in [6.45, 7) is 4.28. The number of benzene rings is 1. The van der Waals surface area contributed by atoms with E-state index in [-0.39, 0.29) is 10.6 Å². The summed E-state index contributed by atoms with van der Waals surface area (Å²) in [5, 5.41) is 16.6. The van der Waals surface area contributed by atoms with E-state index in [2.05, 4.69) is 23.9 Å². The van der Waals surface area contributed by atoms with Crippen molar-refractivity contribution < 1.29 is 4.92 Å². The molecule has 108 valence electrons. The van der Waals surface area contributed by atoms with Gasteiger partial charge in [0, 0.05) is 12.5 Å². The number of nitro benzene ring substituents is 1. The molecule has 7 heteroatoms. The maximum absolute atomic E-state index is 11.1. The standard InChI is InChI=1S/C14H14N4O2S/c1-9(2)7-13-16-17-8-11(15-14(17)21-13)10-5-3-4-6-12(10)18(19)20/h3-6,8-9H,7H2,1-2H3. The fourth-order valence-electron chi connectivity index (χ4n) is 2.15. The van der Waals surface area contributed by atoms with Crippen LogP contribution in [0.5, 0.6) is 0 Å². The van der Waals surface area contributed by atoms with Crippen LogP contribution in [0.2, 0.25) is 0 Å². The second kappa shape index (κ2) is 5.25. The van der Waals surface area contributed by atoms with Crippen LogP contribution in [0.3, 0.4) is 0 Å². The van der Waals surface area contributed by atoms with Crippen molar-refractivity contribution in [3.8, 4) is 11.3 Å². The molecule has 1 aromatic carbocycles. The van der Waals surface area contributed by atoms with Gasteiger partial charge < -0.3 is 0 Å². The topological polar surface area (TPSA) is 73.3 Å². The molecule has 0 radical (unpaired) electrons. The predicted molar refractivity (Wildman–Crippen MR) is 81.5 cm³/mol. The summed E-state index contributed by atoms with van der Waals surface area (Å²) >= 11 is 1.53. The molecule has 0 aliphatic heterocycles. The lowest BCUT2D eigenvalue weighted by Crippen LogP contribution is -1.94. The molecule has 0 spiro atoms. The Kier molecular flexibility index (Phi) is 3.42. The van der Waals surface area contributed by atoms with Crippen molar-refractivity contribution >= 4 is 22.0 Å². The fraction of sp³-hybridized carbons (Fsp3) is 0.286. The molecule has 0 saturated heterocycles. The van der Waals surface area contributed by atoms with E-state index in [0.717, 1.165) is 16.4 Å². The van der Waals surface area contributed by atoms with Crippen molar-refractivity contribution in [2.24, 2.45) is 5.92 Å². The molecule has 6 nitrogen and oxygen atoms in total. The lowest BCUT2D eigenvalue weighted by Gasteiger charge is -1.99. The van der Waals surface area contributed by atoms with Crippen molar-refractivity contribution in [2.45, 2.75) is 20.3 Å². The summed E-state index contributed by atoms with van der Waals surface area (Å²) in [6, 6.07) is 6.62. The van der Waals surface area contributed by atoms with Gasteiger partial charge in [-0.2, -0.15) is 5.10 Å². The Morgan fingerprint density at radius 2 is 2.14 bits per heavy atom. The number of hydrogen-bond donors (Lipinski definition) is 0. The first-order valence-corrected chi connectivity index (χ1v) is 7.45. The minimum Gasteiger partial charge on any atom is -0.258 e. The van der Waals surface area contributed by atoms with Gasteiger partial charge in [0.2, 0.25) is 4.96 Å². The van der Waals surface area contributed by atoms with Crippen LogP contribution in [0, 0.1) is 16.0 Å². The van der Waals surface area contributed by atoms with E-state index in [9.17, 15) is 10.1 Å². The molecule has 0 atom stereocenters.